The van der Waals surface area contributed by atoms with Crippen molar-refractivity contribution < 1.29 is 19.1 Å². The molecule has 0 fully saturated rings. The van der Waals surface area contributed by atoms with Crippen molar-refractivity contribution in [3.05, 3.63) is 59.7 Å². The third-order valence-electron chi connectivity index (χ3n) is 4.00. The van der Waals surface area contributed by atoms with Crippen LogP contribution in [0.15, 0.2) is 48.5 Å². The molecule has 0 aliphatic heterocycles. The summed E-state index contributed by atoms with van der Waals surface area (Å²) in [6, 6.07) is 13.9. The van der Waals surface area contributed by atoms with Crippen molar-refractivity contribution in [2.75, 3.05) is 31.7 Å². The van der Waals surface area contributed by atoms with Crippen LogP contribution in [0.25, 0.3) is 0 Å². The van der Waals surface area contributed by atoms with Crippen molar-refractivity contribution in [3.63, 3.8) is 0 Å². The highest BCUT2D eigenvalue weighted by atomic mass is 32.1. The number of carbonyl (C=O) groups is 2. The Kier molecular flexibility index (Phi) is 9.76. The Morgan fingerprint density at radius 1 is 0.933 bits per heavy atom. The molecular weight excluding hydrogens is 402 g/mol. The van der Waals surface area contributed by atoms with Gasteiger partial charge >= 0.3 is 0 Å². The molecule has 8 heteroatoms. The predicted octanol–water partition coefficient (Wildman–Crippen LogP) is 3.37. The molecule has 0 aromatic heterocycles. The maximum absolute atomic E-state index is 12.7. The zero-order chi connectivity index (χ0) is 21.8. The number of nitrogens with one attached hydrogen (secondary N) is 3. The molecule has 3 N–H and O–H groups in total. The Morgan fingerprint density at radius 3 is 2.37 bits per heavy atom. The van der Waals surface area contributed by atoms with Crippen LogP contribution in [-0.4, -0.2) is 43.3 Å². The molecule has 7 nitrogen and oxygen atoms in total. The van der Waals surface area contributed by atoms with Gasteiger partial charge in [-0.25, -0.2) is 0 Å². The fraction of sp³-hybridized carbons (Fsp3) is 0.318. The van der Waals surface area contributed by atoms with Gasteiger partial charge in [0.25, 0.3) is 11.8 Å². The van der Waals surface area contributed by atoms with Gasteiger partial charge in [-0.2, -0.15) is 0 Å². The average molecular weight is 430 g/mol. The van der Waals surface area contributed by atoms with Crippen molar-refractivity contribution in [3.8, 4) is 5.75 Å². The predicted molar refractivity (Wildman–Crippen MR) is 121 cm³/mol. The number of thiocarbonyl (C=S) groups is 1. The summed E-state index contributed by atoms with van der Waals surface area (Å²) < 4.78 is 10.9. The van der Waals surface area contributed by atoms with Crippen LogP contribution in [0, 0.1) is 0 Å². The summed E-state index contributed by atoms with van der Waals surface area (Å²) in [7, 11) is 0. The maximum atomic E-state index is 12.7. The highest BCUT2D eigenvalue weighted by Crippen LogP contribution is 2.18. The monoisotopic (exact) mass is 429 g/mol. The standard InChI is InChI=1S/C22H27N3O4S/c1-3-13-23-20(26)16-9-5-7-11-18(16)24-22(30)25-21(27)17-10-6-8-12-19(17)29-15-14-28-4-2/h5-12H,3-4,13-15H2,1-2H3,(H,23,26)(H2,24,25,27,30). The molecule has 0 aliphatic carbocycles. The van der Waals surface area contributed by atoms with E-state index in [1.54, 1.807) is 48.5 Å². The molecule has 0 heterocycles. The van der Waals surface area contributed by atoms with Gasteiger partial charge in [-0.1, -0.05) is 31.2 Å². The van der Waals surface area contributed by atoms with E-state index < -0.39 is 5.91 Å². The van der Waals surface area contributed by atoms with E-state index in [0.29, 0.717) is 48.9 Å². The molecule has 0 saturated carbocycles. The second-order valence-electron chi connectivity index (χ2n) is 6.25. The first-order valence-corrected chi connectivity index (χ1v) is 10.3. The fourth-order valence-electron chi connectivity index (χ4n) is 2.58. The lowest BCUT2D eigenvalue weighted by Crippen LogP contribution is -2.35. The second-order valence-corrected chi connectivity index (χ2v) is 6.66. The highest BCUT2D eigenvalue weighted by Gasteiger charge is 2.15. The summed E-state index contributed by atoms with van der Waals surface area (Å²) in [4.78, 5) is 25.0. The number of ether oxygens (including phenoxy) is 2. The maximum Gasteiger partial charge on any atom is 0.261 e. The molecule has 2 aromatic rings. The van der Waals surface area contributed by atoms with Gasteiger partial charge in [0.05, 0.1) is 23.4 Å². The minimum atomic E-state index is -0.410. The summed E-state index contributed by atoms with van der Waals surface area (Å²) in [5.41, 5.74) is 1.31. The molecule has 0 saturated heterocycles. The van der Waals surface area contributed by atoms with Crippen LogP contribution in [0.3, 0.4) is 0 Å². The largest absolute Gasteiger partial charge is 0.490 e. The lowest BCUT2D eigenvalue weighted by Gasteiger charge is -2.15. The van der Waals surface area contributed by atoms with Crippen LogP contribution in [0.5, 0.6) is 5.75 Å². The molecular formula is C22H27N3O4S. The number of carbonyl (C=O) groups excluding carboxylic acids is 2. The summed E-state index contributed by atoms with van der Waals surface area (Å²) >= 11 is 5.28. The lowest BCUT2D eigenvalue weighted by molar-refractivity contribution is 0.0949. The van der Waals surface area contributed by atoms with Crippen molar-refractivity contribution in [1.82, 2.24) is 10.6 Å². The summed E-state index contributed by atoms with van der Waals surface area (Å²) in [6.07, 6.45) is 0.835. The SMILES string of the molecule is CCCNC(=O)c1ccccc1NC(=S)NC(=O)c1ccccc1OCCOCC. The van der Waals surface area contributed by atoms with Gasteiger partial charge in [-0.15, -0.1) is 0 Å². The van der Waals surface area contributed by atoms with Gasteiger partial charge in [-0.05, 0) is 49.8 Å². The molecule has 0 aliphatic rings. The van der Waals surface area contributed by atoms with Gasteiger partial charge < -0.3 is 20.1 Å². The molecule has 0 spiro atoms. The zero-order valence-electron chi connectivity index (χ0n) is 17.2. The molecule has 2 aromatic carbocycles. The molecule has 0 atom stereocenters. The number of amides is 2. The molecule has 2 amide bonds. The first kappa shape index (κ1) is 23.3. The van der Waals surface area contributed by atoms with E-state index in [0.717, 1.165) is 6.42 Å². The van der Waals surface area contributed by atoms with Gasteiger partial charge in [-0.3, -0.25) is 14.9 Å². The second kappa shape index (κ2) is 12.6. The first-order valence-electron chi connectivity index (χ1n) is 9.85. The Hall–Kier alpha value is -2.97. The summed E-state index contributed by atoms with van der Waals surface area (Å²) in [5.74, 6) is -0.175. The Morgan fingerprint density at radius 2 is 1.63 bits per heavy atom. The number of anilines is 1. The Bertz CT molecular complexity index is 873. The van der Waals surface area contributed by atoms with Gasteiger partial charge in [0.15, 0.2) is 5.11 Å². The number of rotatable bonds is 10. The molecule has 0 unspecified atom stereocenters. The fourth-order valence-corrected chi connectivity index (χ4v) is 2.79. The van der Waals surface area contributed by atoms with E-state index in [-0.39, 0.29) is 11.0 Å². The van der Waals surface area contributed by atoms with E-state index in [2.05, 4.69) is 16.0 Å². The third-order valence-corrected chi connectivity index (χ3v) is 4.21. The van der Waals surface area contributed by atoms with Gasteiger partial charge in [0.2, 0.25) is 0 Å². The molecule has 0 bridgehead atoms. The summed E-state index contributed by atoms with van der Waals surface area (Å²) in [5, 5.41) is 8.47. The van der Waals surface area contributed by atoms with E-state index in [1.165, 1.54) is 0 Å². The number of hydrogen-bond acceptors (Lipinski definition) is 5. The molecule has 30 heavy (non-hydrogen) atoms. The quantitative estimate of drug-likeness (QED) is 0.396. The Balaban J connectivity index is 2.02. The average Bonchev–Trinajstić information content (AvgIpc) is 2.75. The van der Waals surface area contributed by atoms with E-state index in [4.69, 9.17) is 21.7 Å². The van der Waals surface area contributed by atoms with Crippen molar-refractivity contribution >= 4 is 34.8 Å². The minimum Gasteiger partial charge on any atom is -0.490 e. The normalized spacial score (nSPS) is 10.2. The van der Waals surface area contributed by atoms with Crippen LogP contribution < -0.4 is 20.7 Å². The topological polar surface area (TPSA) is 88.7 Å². The minimum absolute atomic E-state index is 0.0832. The van der Waals surface area contributed by atoms with Crippen LogP contribution in [0.1, 0.15) is 41.0 Å². The van der Waals surface area contributed by atoms with E-state index >= 15 is 0 Å². The van der Waals surface area contributed by atoms with Crippen LogP contribution in [-0.2, 0) is 4.74 Å². The van der Waals surface area contributed by atoms with Gasteiger partial charge in [0, 0.05) is 13.2 Å². The lowest BCUT2D eigenvalue weighted by atomic mass is 10.1. The smallest absolute Gasteiger partial charge is 0.261 e. The highest BCUT2D eigenvalue weighted by molar-refractivity contribution is 7.80. The van der Waals surface area contributed by atoms with Crippen LogP contribution >= 0.6 is 12.2 Å². The van der Waals surface area contributed by atoms with Crippen LogP contribution in [0.4, 0.5) is 5.69 Å². The van der Waals surface area contributed by atoms with Crippen molar-refractivity contribution in [2.45, 2.75) is 20.3 Å². The number of hydrogen-bond donors (Lipinski definition) is 3. The van der Waals surface area contributed by atoms with E-state index in [9.17, 15) is 9.59 Å². The Labute approximate surface area is 182 Å². The first-order chi connectivity index (χ1) is 14.6. The van der Waals surface area contributed by atoms with Gasteiger partial charge in [0.1, 0.15) is 12.4 Å². The molecule has 2 rings (SSSR count). The van der Waals surface area contributed by atoms with E-state index in [1.807, 2.05) is 13.8 Å². The van der Waals surface area contributed by atoms with Crippen molar-refractivity contribution in [1.29, 1.82) is 0 Å². The van der Waals surface area contributed by atoms with Crippen LogP contribution in [0.2, 0.25) is 0 Å². The number of para-hydroxylation sites is 2. The summed E-state index contributed by atoms with van der Waals surface area (Å²) in [6.45, 7) is 5.83. The molecule has 0 radical (unpaired) electrons. The number of benzene rings is 2. The zero-order valence-corrected chi connectivity index (χ0v) is 18.0. The molecule has 160 valence electrons. The van der Waals surface area contributed by atoms with Crippen molar-refractivity contribution in [2.24, 2.45) is 0 Å². The third kappa shape index (κ3) is 7.13.